The average molecular weight is 278 g/mol. The molecule has 0 saturated carbocycles. The molecule has 2 aromatic rings. The predicted octanol–water partition coefficient (Wildman–Crippen LogP) is 3.02. The fourth-order valence-corrected chi connectivity index (χ4v) is 1.99. The van der Waals surface area contributed by atoms with E-state index in [9.17, 15) is 4.79 Å². The molecule has 0 atom stereocenters. The second-order valence-electron chi connectivity index (χ2n) is 3.53. The SMILES string of the molecule is O=C(c1ccc([Si])cc1)c1cc(Cl)ccc1Cl. The van der Waals surface area contributed by atoms with E-state index in [2.05, 4.69) is 10.2 Å². The fraction of sp³-hybridized carbons (Fsp3) is 0. The lowest BCUT2D eigenvalue weighted by Crippen LogP contribution is -2.06. The predicted molar refractivity (Wildman–Crippen MR) is 71.7 cm³/mol. The molecule has 3 radical (unpaired) electrons. The molecule has 2 rings (SSSR count). The molecule has 83 valence electrons. The lowest BCUT2D eigenvalue weighted by molar-refractivity contribution is 0.103. The van der Waals surface area contributed by atoms with E-state index in [0.29, 0.717) is 21.2 Å². The zero-order valence-corrected chi connectivity index (χ0v) is 11.2. The van der Waals surface area contributed by atoms with E-state index in [1.807, 2.05) is 12.1 Å². The summed E-state index contributed by atoms with van der Waals surface area (Å²) < 4.78 is 0. The molecule has 1 nitrogen and oxygen atoms in total. The molecule has 0 aliphatic heterocycles. The lowest BCUT2D eigenvalue weighted by Gasteiger charge is -2.04. The van der Waals surface area contributed by atoms with Crippen LogP contribution in [-0.4, -0.2) is 16.0 Å². The smallest absolute Gasteiger partial charge is 0.194 e. The molecule has 0 bridgehead atoms. The number of benzene rings is 2. The molecule has 0 saturated heterocycles. The second kappa shape index (κ2) is 5.04. The van der Waals surface area contributed by atoms with Crippen molar-refractivity contribution in [2.45, 2.75) is 0 Å². The first-order valence-corrected chi connectivity index (χ1v) is 6.15. The van der Waals surface area contributed by atoms with E-state index >= 15 is 0 Å². The standard InChI is InChI=1S/C13H7Cl2OSi/c14-9-3-6-12(15)11(7-9)13(16)8-1-4-10(17)5-2-8/h1-7H. The minimum atomic E-state index is -0.135. The van der Waals surface area contributed by atoms with Gasteiger partial charge >= 0.3 is 0 Å². The van der Waals surface area contributed by atoms with Crippen molar-refractivity contribution >= 4 is 44.4 Å². The maximum Gasteiger partial charge on any atom is 0.194 e. The van der Waals surface area contributed by atoms with Crippen LogP contribution in [0.2, 0.25) is 10.0 Å². The van der Waals surface area contributed by atoms with Crippen molar-refractivity contribution in [1.82, 2.24) is 0 Å². The molecule has 2 aromatic carbocycles. The van der Waals surface area contributed by atoms with Crippen LogP contribution in [0.5, 0.6) is 0 Å². The van der Waals surface area contributed by atoms with Gasteiger partial charge in [-0.2, -0.15) is 0 Å². The molecule has 0 heterocycles. The summed E-state index contributed by atoms with van der Waals surface area (Å²) in [7, 11) is 3.37. The molecular weight excluding hydrogens is 271 g/mol. The molecule has 0 fully saturated rings. The minimum Gasteiger partial charge on any atom is -0.289 e. The van der Waals surface area contributed by atoms with Crippen molar-refractivity contribution in [2.24, 2.45) is 0 Å². The maximum absolute atomic E-state index is 12.2. The van der Waals surface area contributed by atoms with Crippen molar-refractivity contribution < 1.29 is 4.79 Å². The van der Waals surface area contributed by atoms with Gasteiger partial charge in [-0.05, 0) is 18.2 Å². The monoisotopic (exact) mass is 277 g/mol. The molecule has 0 aliphatic rings. The van der Waals surface area contributed by atoms with Gasteiger partial charge in [0.1, 0.15) is 0 Å². The minimum absolute atomic E-state index is 0.135. The van der Waals surface area contributed by atoms with E-state index < -0.39 is 0 Å². The average Bonchev–Trinajstić information content (AvgIpc) is 2.32. The van der Waals surface area contributed by atoms with Crippen LogP contribution in [0.25, 0.3) is 0 Å². The normalized spacial score (nSPS) is 10.3. The number of hydrogen-bond acceptors (Lipinski definition) is 1. The Hall–Kier alpha value is -1.09. The number of ketones is 1. The summed E-state index contributed by atoms with van der Waals surface area (Å²) in [4.78, 5) is 12.2. The molecule has 0 aromatic heterocycles. The molecule has 0 spiro atoms. The molecule has 0 N–H and O–H groups in total. The van der Waals surface area contributed by atoms with Crippen LogP contribution in [-0.2, 0) is 0 Å². The van der Waals surface area contributed by atoms with Gasteiger partial charge in [0.2, 0.25) is 0 Å². The second-order valence-corrected chi connectivity index (χ2v) is 4.95. The largest absolute Gasteiger partial charge is 0.289 e. The highest BCUT2D eigenvalue weighted by Crippen LogP contribution is 2.23. The fourth-order valence-electron chi connectivity index (χ4n) is 1.45. The third-order valence-electron chi connectivity index (χ3n) is 2.32. The zero-order valence-electron chi connectivity index (χ0n) is 8.71. The highest BCUT2D eigenvalue weighted by atomic mass is 35.5. The molecular formula is C13H7Cl2OSi. The highest BCUT2D eigenvalue weighted by Gasteiger charge is 2.12. The van der Waals surface area contributed by atoms with Crippen LogP contribution in [0.4, 0.5) is 0 Å². The summed E-state index contributed by atoms with van der Waals surface area (Å²) >= 11 is 11.8. The quantitative estimate of drug-likeness (QED) is 0.609. The van der Waals surface area contributed by atoms with E-state index in [4.69, 9.17) is 23.2 Å². The van der Waals surface area contributed by atoms with Gasteiger partial charge in [-0.25, -0.2) is 0 Å². The number of hydrogen-bond donors (Lipinski definition) is 0. The third-order valence-corrected chi connectivity index (χ3v) is 3.22. The highest BCUT2D eigenvalue weighted by molar-refractivity contribution is 6.37. The van der Waals surface area contributed by atoms with Crippen molar-refractivity contribution in [3.05, 3.63) is 63.6 Å². The topological polar surface area (TPSA) is 17.1 Å². The summed E-state index contributed by atoms with van der Waals surface area (Å²) in [5.41, 5.74) is 0.997. The van der Waals surface area contributed by atoms with E-state index in [1.54, 1.807) is 30.3 Å². The van der Waals surface area contributed by atoms with Crippen LogP contribution in [0.3, 0.4) is 0 Å². The Morgan fingerprint density at radius 1 is 1.00 bits per heavy atom. The first-order valence-electron chi connectivity index (χ1n) is 4.89. The van der Waals surface area contributed by atoms with Crippen LogP contribution in [0.15, 0.2) is 42.5 Å². The van der Waals surface area contributed by atoms with E-state index in [-0.39, 0.29) is 5.78 Å². The Morgan fingerprint density at radius 3 is 2.29 bits per heavy atom. The van der Waals surface area contributed by atoms with Crippen molar-refractivity contribution in [3.8, 4) is 0 Å². The zero-order chi connectivity index (χ0) is 12.4. The molecule has 0 unspecified atom stereocenters. The summed E-state index contributed by atoms with van der Waals surface area (Å²) in [6.07, 6.45) is 0. The van der Waals surface area contributed by atoms with E-state index in [0.717, 1.165) is 5.19 Å². The van der Waals surface area contributed by atoms with Gasteiger partial charge in [-0.3, -0.25) is 4.79 Å². The van der Waals surface area contributed by atoms with Gasteiger partial charge in [0.05, 0.1) is 15.3 Å². The number of carbonyl (C=O) groups excluding carboxylic acids is 1. The van der Waals surface area contributed by atoms with Crippen molar-refractivity contribution in [3.63, 3.8) is 0 Å². The summed E-state index contributed by atoms with van der Waals surface area (Å²) in [5.74, 6) is -0.135. The van der Waals surface area contributed by atoms with Gasteiger partial charge in [-0.1, -0.05) is 52.7 Å². The Labute approximate surface area is 113 Å². The summed E-state index contributed by atoms with van der Waals surface area (Å²) in [6, 6.07) is 11.9. The Balaban J connectivity index is 2.43. The molecule has 0 aliphatic carbocycles. The third kappa shape index (κ3) is 2.78. The molecule has 4 heteroatoms. The first kappa shape index (κ1) is 12.4. The number of rotatable bonds is 2. The molecule has 17 heavy (non-hydrogen) atoms. The number of halogens is 2. The Morgan fingerprint density at radius 2 is 1.65 bits per heavy atom. The van der Waals surface area contributed by atoms with Crippen LogP contribution in [0.1, 0.15) is 15.9 Å². The first-order chi connectivity index (χ1) is 8.08. The van der Waals surface area contributed by atoms with Gasteiger partial charge in [0, 0.05) is 16.1 Å². The summed E-state index contributed by atoms with van der Waals surface area (Å²) in [5, 5.41) is 1.81. The van der Waals surface area contributed by atoms with E-state index in [1.165, 1.54) is 0 Å². The van der Waals surface area contributed by atoms with Crippen molar-refractivity contribution in [1.29, 1.82) is 0 Å². The van der Waals surface area contributed by atoms with Gasteiger partial charge in [0.15, 0.2) is 5.78 Å². The van der Waals surface area contributed by atoms with Gasteiger partial charge in [-0.15, -0.1) is 0 Å². The summed E-state index contributed by atoms with van der Waals surface area (Å²) in [6.45, 7) is 0. The van der Waals surface area contributed by atoms with Crippen LogP contribution >= 0.6 is 23.2 Å². The lowest BCUT2D eigenvalue weighted by atomic mass is 10.0. The number of carbonyl (C=O) groups is 1. The maximum atomic E-state index is 12.2. The van der Waals surface area contributed by atoms with Crippen molar-refractivity contribution in [2.75, 3.05) is 0 Å². The van der Waals surface area contributed by atoms with Crippen LogP contribution in [0, 0.1) is 0 Å². The van der Waals surface area contributed by atoms with Crippen LogP contribution < -0.4 is 5.19 Å². The molecule has 0 amide bonds. The Bertz CT molecular complexity index is 564. The van der Waals surface area contributed by atoms with Gasteiger partial charge < -0.3 is 0 Å². The Kier molecular flexibility index (Phi) is 3.67. The van der Waals surface area contributed by atoms with Gasteiger partial charge in [0.25, 0.3) is 0 Å².